The number of β-amino-alcohol motifs (C(OH)–C–C–N with tert-alkyl or cyclic N) is 1. The molecule has 0 saturated heterocycles. The lowest BCUT2D eigenvalue weighted by molar-refractivity contribution is -0.138. The fraction of sp³-hybridized carbons (Fsp3) is 0.280. The van der Waals surface area contributed by atoms with Crippen LogP contribution in [-0.2, 0) is 16.2 Å². The zero-order valence-electron chi connectivity index (χ0n) is 17.8. The summed E-state index contributed by atoms with van der Waals surface area (Å²) in [6.07, 6.45) is 4.18. The molecule has 2 aliphatic rings. The van der Waals surface area contributed by atoms with Crippen molar-refractivity contribution in [1.82, 2.24) is 10.4 Å². The molecule has 1 heterocycles. The fourth-order valence-corrected chi connectivity index (χ4v) is 4.59. The number of hydrogen-bond acceptors (Lipinski definition) is 5. The molecule has 7 nitrogen and oxygen atoms in total. The van der Waals surface area contributed by atoms with E-state index in [1.54, 1.807) is 36.4 Å². The van der Waals surface area contributed by atoms with Gasteiger partial charge in [-0.15, -0.1) is 0 Å². The van der Waals surface area contributed by atoms with E-state index in [0.717, 1.165) is 5.56 Å². The average molecular weight is 469 g/mol. The lowest BCUT2D eigenvalue weighted by Crippen LogP contribution is -2.56. The number of hydroxylamine groups is 1. The van der Waals surface area contributed by atoms with Crippen LogP contribution in [0.5, 0.6) is 0 Å². The summed E-state index contributed by atoms with van der Waals surface area (Å²) < 4.78 is 0. The minimum Gasteiger partial charge on any atom is -0.394 e. The van der Waals surface area contributed by atoms with E-state index in [9.17, 15) is 19.8 Å². The summed E-state index contributed by atoms with van der Waals surface area (Å²) in [5.41, 5.74) is 4.39. The van der Waals surface area contributed by atoms with Crippen LogP contribution in [0, 0.1) is 5.92 Å². The van der Waals surface area contributed by atoms with Crippen molar-refractivity contribution in [2.45, 2.75) is 24.7 Å². The monoisotopic (exact) mass is 468 g/mol. The van der Waals surface area contributed by atoms with Crippen molar-refractivity contribution in [3.05, 3.63) is 94.5 Å². The molecular formula is C25H25ClN2O5. The van der Waals surface area contributed by atoms with Gasteiger partial charge >= 0.3 is 0 Å². The van der Waals surface area contributed by atoms with Gasteiger partial charge in [0.25, 0.3) is 11.8 Å². The summed E-state index contributed by atoms with van der Waals surface area (Å²) in [7, 11) is 0. The van der Waals surface area contributed by atoms with Crippen molar-refractivity contribution in [3.63, 3.8) is 0 Å². The topological polar surface area (TPSA) is 99.1 Å². The van der Waals surface area contributed by atoms with E-state index < -0.39 is 30.6 Å². The Hall–Kier alpha value is -2.97. The minimum atomic E-state index is -1.15. The number of fused-ring (bicyclic) bond motifs is 1. The first-order valence-corrected chi connectivity index (χ1v) is 11.1. The third-order valence-corrected chi connectivity index (χ3v) is 6.12. The van der Waals surface area contributed by atoms with Gasteiger partial charge in [0.2, 0.25) is 0 Å². The first-order chi connectivity index (χ1) is 16.0. The molecule has 2 aromatic carbocycles. The van der Waals surface area contributed by atoms with E-state index >= 15 is 0 Å². The summed E-state index contributed by atoms with van der Waals surface area (Å²) >= 11 is 6.18. The van der Waals surface area contributed by atoms with E-state index in [2.05, 4.69) is 5.48 Å². The largest absolute Gasteiger partial charge is 0.394 e. The van der Waals surface area contributed by atoms with Crippen molar-refractivity contribution in [3.8, 4) is 0 Å². The summed E-state index contributed by atoms with van der Waals surface area (Å²) in [4.78, 5) is 33.8. The maximum absolute atomic E-state index is 13.4. The van der Waals surface area contributed by atoms with Gasteiger partial charge in [-0.1, -0.05) is 72.3 Å². The van der Waals surface area contributed by atoms with Gasteiger partial charge in [0.15, 0.2) is 0 Å². The molecule has 0 radical (unpaired) electrons. The van der Waals surface area contributed by atoms with Gasteiger partial charge < -0.3 is 15.1 Å². The Morgan fingerprint density at radius 1 is 1.15 bits per heavy atom. The Bertz CT molecular complexity index is 1070. The number of rotatable bonds is 8. The number of allylic oxidation sites excluding steroid dienone is 2. The molecule has 3 N–H and O–H groups in total. The van der Waals surface area contributed by atoms with Crippen molar-refractivity contribution in [2.24, 2.45) is 5.92 Å². The van der Waals surface area contributed by atoms with Gasteiger partial charge in [0.05, 0.1) is 31.3 Å². The summed E-state index contributed by atoms with van der Waals surface area (Å²) in [6.45, 7) is -0.447. The molecule has 0 aromatic heterocycles. The SMILES string of the molecule is O=C(NOCc1ccccc1)C1c2ccccc2C(=O)N(CC(O)CO)C1C1C=CC(Cl)=C1. The summed E-state index contributed by atoms with van der Waals surface area (Å²) in [5, 5.41) is 20.1. The number of benzene rings is 2. The van der Waals surface area contributed by atoms with Crippen LogP contribution in [0.1, 0.15) is 27.4 Å². The minimum absolute atomic E-state index is 0.126. The smallest absolute Gasteiger partial charge is 0.254 e. The maximum atomic E-state index is 13.4. The quantitative estimate of drug-likeness (QED) is 0.517. The molecule has 0 saturated carbocycles. The third kappa shape index (κ3) is 5.02. The Morgan fingerprint density at radius 2 is 1.88 bits per heavy atom. The molecule has 8 heteroatoms. The molecule has 2 amide bonds. The normalized spacial score (nSPS) is 22.6. The second-order valence-electron chi connectivity index (χ2n) is 8.08. The van der Waals surface area contributed by atoms with Crippen molar-refractivity contribution >= 4 is 23.4 Å². The number of carbonyl (C=O) groups excluding carboxylic acids is 2. The van der Waals surface area contributed by atoms with Gasteiger partial charge in [-0.25, -0.2) is 5.48 Å². The van der Waals surface area contributed by atoms with Crippen molar-refractivity contribution < 1.29 is 24.6 Å². The zero-order valence-corrected chi connectivity index (χ0v) is 18.6. The van der Waals surface area contributed by atoms with Gasteiger partial charge in [-0.3, -0.25) is 14.4 Å². The van der Waals surface area contributed by atoms with E-state index in [-0.39, 0.29) is 25.0 Å². The highest BCUT2D eigenvalue weighted by Gasteiger charge is 2.46. The van der Waals surface area contributed by atoms with Gasteiger partial charge in [-0.2, -0.15) is 0 Å². The van der Waals surface area contributed by atoms with Crippen molar-refractivity contribution in [1.29, 1.82) is 0 Å². The number of halogens is 1. The number of hydrogen-bond donors (Lipinski definition) is 3. The predicted molar refractivity (Wildman–Crippen MR) is 123 cm³/mol. The highest BCUT2D eigenvalue weighted by atomic mass is 35.5. The van der Waals surface area contributed by atoms with Gasteiger partial charge in [0, 0.05) is 23.1 Å². The lowest BCUT2D eigenvalue weighted by atomic mass is 9.77. The van der Waals surface area contributed by atoms with E-state index in [1.807, 2.05) is 36.4 Å². The van der Waals surface area contributed by atoms with Crippen LogP contribution in [-0.4, -0.2) is 52.2 Å². The van der Waals surface area contributed by atoms with Crippen LogP contribution >= 0.6 is 11.6 Å². The number of amides is 2. The first-order valence-electron chi connectivity index (χ1n) is 10.7. The number of carbonyl (C=O) groups is 2. The van der Waals surface area contributed by atoms with Crippen molar-refractivity contribution in [2.75, 3.05) is 13.2 Å². The lowest BCUT2D eigenvalue weighted by Gasteiger charge is -2.44. The second-order valence-corrected chi connectivity index (χ2v) is 8.51. The molecule has 4 atom stereocenters. The highest BCUT2D eigenvalue weighted by Crippen LogP contribution is 2.40. The number of nitrogens with one attached hydrogen (secondary N) is 1. The summed E-state index contributed by atoms with van der Waals surface area (Å²) in [5.74, 6) is -1.87. The average Bonchev–Trinajstić information content (AvgIpc) is 3.26. The first kappa shape index (κ1) is 23.2. The van der Waals surface area contributed by atoms with E-state index in [0.29, 0.717) is 16.2 Å². The molecule has 4 unspecified atom stereocenters. The Balaban J connectivity index is 1.67. The maximum Gasteiger partial charge on any atom is 0.254 e. The molecule has 172 valence electrons. The third-order valence-electron chi connectivity index (χ3n) is 5.87. The van der Waals surface area contributed by atoms with E-state index in [1.165, 1.54) is 4.90 Å². The van der Waals surface area contributed by atoms with Crippen LogP contribution < -0.4 is 5.48 Å². The molecule has 2 aromatic rings. The predicted octanol–water partition coefficient (Wildman–Crippen LogP) is 2.50. The molecule has 1 aliphatic heterocycles. The Labute approximate surface area is 196 Å². The molecule has 0 bridgehead atoms. The molecular weight excluding hydrogens is 444 g/mol. The van der Waals surface area contributed by atoms with Crippen LogP contribution in [0.4, 0.5) is 0 Å². The van der Waals surface area contributed by atoms with Gasteiger partial charge in [-0.05, 0) is 23.3 Å². The molecule has 0 spiro atoms. The van der Waals surface area contributed by atoms with Crippen LogP contribution in [0.2, 0.25) is 0 Å². The van der Waals surface area contributed by atoms with Crippen LogP contribution in [0.25, 0.3) is 0 Å². The number of aliphatic hydroxyl groups is 2. The second kappa shape index (κ2) is 10.3. The van der Waals surface area contributed by atoms with Gasteiger partial charge in [0.1, 0.15) is 0 Å². The zero-order chi connectivity index (χ0) is 23.4. The standard InChI is InChI=1S/C25H25ClN2O5/c26-18-11-10-17(12-18)23-22(24(31)27-33-15-16-6-2-1-3-7-16)20-8-4-5-9-21(20)25(32)28(23)13-19(30)14-29/h1-12,17,19,22-23,29-30H,13-15H2,(H,27,31). The molecule has 1 aliphatic carbocycles. The highest BCUT2D eigenvalue weighted by molar-refractivity contribution is 6.31. The summed E-state index contributed by atoms with van der Waals surface area (Å²) in [6, 6.07) is 15.7. The van der Waals surface area contributed by atoms with E-state index in [4.69, 9.17) is 16.4 Å². The molecule has 4 rings (SSSR count). The molecule has 33 heavy (non-hydrogen) atoms. The molecule has 0 fully saturated rings. The Morgan fingerprint density at radius 3 is 2.58 bits per heavy atom. The number of aliphatic hydroxyl groups excluding tert-OH is 2. The van der Waals surface area contributed by atoms with Crippen LogP contribution in [0.15, 0.2) is 77.9 Å². The Kier molecular flexibility index (Phi) is 7.25. The fourth-order valence-electron chi connectivity index (χ4n) is 4.37. The van der Waals surface area contributed by atoms with Crippen LogP contribution in [0.3, 0.4) is 0 Å². The number of nitrogens with zero attached hydrogens (tertiary/aromatic N) is 1.